The maximum Gasteiger partial charge on any atom is 0.378 e. The van der Waals surface area contributed by atoms with Gasteiger partial charge in [-0.3, -0.25) is 0 Å². The number of hydrogen-bond acceptors (Lipinski definition) is 5. The van der Waals surface area contributed by atoms with E-state index in [1.807, 2.05) is 0 Å². The summed E-state index contributed by atoms with van der Waals surface area (Å²) >= 11 is 0.441. The zero-order chi connectivity index (χ0) is 10.8. The van der Waals surface area contributed by atoms with Gasteiger partial charge in [0.25, 0.3) is 0 Å². The number of methoxy groups -OCH3 is 1. The van der Waals surface area contributed by atoms with Crippen molar-refractivity contribution in [3.8, 4) is 0 Å². The SMILES string of the molecule is CCCCCCOC(=O)SC(=O)OC. The lowest BCUT2D eigenvalue weighted by atomic mass is 10.2. The second kappa shape index (κ2) is 8.87. The topological polar surface area (TPSA) is 52.6 Å². The molecule has 82 valence electrons. The Bertz CT molecular complexity index is 182. The van der Waals surface area contributed by atoms with Crippen LogP contribution in [0.4, 0.5) is 9.59 Å². The fourth-order valence-corrected chi connectivity index (χ4v) is 1.19. The van der Waals surface area contributed by atoms with Gasteiger partial charge in [-0.05, 0) is 6.42 Å². The van der Waals surface area contributed by atoms with Crippen molar-refractivity contribution in [2.75, 3.05) is 13.7 Å². The summed E-state index contributed by atoms with van der Waals surface area (Å²) in [7, 11) is 1.23. The molecule has 0 fully saturated rings. The zero-order valence-corrected chi connectivity index (χ0v) is 9.39. The van der Waals surface area contributed by atoms with Crippen LogP contribution in [0.25, 0.3) is 0 Å². The first-order valence-electron chi connectivity index (χ1n) is 4.63. The Labute approximate surface area is 88.3 Å². The van der Waals surface area contributed by atoms with E-state index in [-0.39, 0.29) is 0 Å². The number of thioether (sulfide) groups is 1. The van der Waals surface area contributed by atoms with Crippen LogP contribution < -0.4 is 0 Å². The van der Waals surface area contributed by atoms with Gasteiger partial charge in [-0.15, -0.1) is 0 Å². The molecule has 0 radical (unpaired) electrons. The molecular weight excluding hydrogens is 204 g/mol. The summed E-state index contributed by atoms with van der Waals surface area (Å²) < 4.78 is 9.07. The molecular formula is C9H16O4S. The monoisotopic (exact) mass is 220 g/mol. The highest BCUT2D eigenvalue weighted by atomic mass is 32.2. The maximum atomic E-state index is 10.9. The van der Waals surface area contributed by atoms with Crippen molar-refractivity contribution in [1.82, 2.24) is 0 Å². The fourth-order valence-electron chi connectivity index (χ4n) is 0.824. The Kier molecular flexibility index (Phi) is 8.42. The van der Waals surface area contributed by atoms with E-state index >= 15 is 0 Å². The number of rotatable bonds is 5. The zero-order valence-electron chi connectivity index (χ0n) is 8.58. The molecule has 0 heterocycles. The van der Waals surface area contributed by atoms with E-state index in [2.05, 4.69) is 11.7 Å². The second-order valence-corrected chi connectivity index (χ2v) is 3.59. The van der Waals surface area contributed by atoms with Gasteiger partial charge in [0.1, 0.15) is 0 Å². The standard InChI is InChI=1S/C9H16O4S/c1-3-4-5-6-7-13-9(11)14-8(10)12-2/h3-7H2,1-2H3. The molecule has 0 unspecified atom stereocenters. The Balaban J connectivity index is 3.31. The van der Waals surface area contributed by atoms with Gasteiger partial charge in [-0.1, -0.05) is 26.2 Å². The van der Waals surface area contributed by atoms with E-state index in [4.69, 9.17) is 4.74 Å². The molecule has 0 rings (SSSR count). The molecule has 0 amide bonds. The summed E-state index contributed by atoms with van der Waals surface area (Å²) in [4.78, 5) is 21.5. The predicted molar refractivity (Wildman–Crippen MR) is 55.5 cm³/mol. The minimum atomic E-state index is -0.636. The van der Waals surface area contributed by atoms with Crippen LogP contribution in [0.5, 0.6) is 0 Å². The van der Waals surface area contributed by atoms with Crippen LogP contribution in [-0.4, -0.2) is 24.3 Å². The number of carbonyl (C=O) groups is 2. The number of unbranched alkanes of at least 4 members (excludes halogenated alkanes) is 3. The Morgan fingerprint density at radius 2 is 1.86 bits per heavy atom. The molecule has 0 saturated heterocycles. The summed E-state index contributed by atoms with van der Waals surface area (Å²) in [5, 5.41) is -1.23. The van der Waals surface area contributed by atoms with Crippen LogP contribution in [0.3, 0.4) is 0 Å². The van der Waals surface area contributed by atoms with Gasteiger partial charge in [0.15, 0.2) is 0 Å². The smallest absolute Gasteiger partial charge is 0.378 e. The molecule has 0 atom stereocenters. The number of ether oxygens (including phenoxy) is 2. The van der Waals surface area contributed by atoms with Gasteiger partial charge < -0.3 is 9.47 Å². The second-order valence-electron chi connectivity index (χ2n) is 2.72. The van der Waals surface area contributed by atoms with Crippen molar-refractivity contribution < 1.29 is 19.1 Å². The minimum Gasteiger partial charge on any atom is -0.460 e. The molecule has 4 nitrogen and oxygen atoms in total. The van der Waals surface area contributed by atoms with Crippen molar-refractivity contribution in [3.05, 3.63) is 0 Å². The molecule has 14 heavy (non-hydrogen) atoms. The van der Waals surface area contributed by atoms with Gasteiger partial charge in [-0.25, -0.2) is 9.59 Å². The minimum absolute atomic E-state index is 0.378. The van der Waals surface area contributed by atoms with E-state index < -0.39 is 10.6 Å². The maximum absolute atomic E-state index is 10.9. The third-order valence-electron chi connectivity index (χ3n) is 1.55. The first-order valence-corrected chi connectivity index (χ1v) is 5.45. The van der Waals surface area contributed by atoms with Crippen LogP contribution in [0, 0.1) is 0 Å². The summed E-state index contributed by atoms with van der Waals surface area (Å²) in [5.41, 5.74) is 0. The van der Waals surface area contributed by atoms with Crippen molar-refractivity contribution in [2.24, 2.45) is 0 Å². The quantitative estimate of drug-likeness (QED) is 0.526. The molecule has 0 spiro atoms. The van der Waals surface area contributed by atoms with Gasteiger partial charge in [0.05, 0.1) is 25.5 Å². The highest BCUT2D eigenvalue weighted by Crippen LogP contribution is 2.09. The number of carbonyl (C=O) groups excluding carboxylic acids is 2. The molecule has 0 aromatic carbocycles. The average Bonchev–Trinajstić information content (AvgIpc) is 2.17. The van der Waals surface area contributed by atoms with Crippen LogP contribution in [-0.2, 0) is 9.47 Å². The number of hydrogen-bond donors (Lipinski definition) is 0. The van der Waals surface area contributed by atoms with Crippen LogP contribution in [0.15, 0.2) is 0 Å². The average molecular weight is 220 g/mol. The molecule has 0 saturated carbocycles. The fraction of sp³-hybridized carbons (Fsp3) is 0.778. The molecule has 0 N–H and O–H groups in total. The molecule has 0 aliphatic carbocycles. The highest BCUT2D eigenvalue weighted by Gasteiger charge is 2.11. The van der Waals surface area contributed by atoms with Gasteiger partial charge in [-0.2, -0.15) is 0 Å². The Morgan fingerprint density at radius 3 is 2.43 bits per heavy atom. The van der Waals surface area contributed by atoms with E-state index in [9.17, 15) is 9.59 Å². The predicted octanol–water partition coefficient (Wildman–Crippen LogP) is 3.20. The first kappa shape index (κ1) is 13.3. The Hall–Kier alpha value is -0.710. The van der Waals surface area contributed by atoms with Crippen LogP contribution in [0.2, 0.25) is 0 Å². The van der Waals surface area contributed by atoms with E-state index in [1.165, 1.54) is 7.11 Å². The summed E-state index contributed by atoms with van der Waals surface area (Å²) in [5.74, 6) is 0. The van der Waals surface area contributed by atoms with Crippen molar-refractivity contribution >= 4 is 22.4 Å². The van der Waals surface area contributed by atoms with Crippen LogP contribution >= 0.6 is 11.8 Å². The van der Waals surface area contributed by atoms with Crippen molar-refractivity contribution in [1.29, 1.82) is 0 Å². The lowest BCUT2D eigenvalue weighted by Crippen LogP contribution is -2.03. The largest absolute Gasteiger partial charge is 0.460 e. The lowest BCUT2D eigenvalue weighted by molar-refractivity contribution is 0.171. The normalized spacial score (nSPS) is 9.57. The highest BCUT2D eigenvalue weighted by molar-refractivity contribution is 8.25. The van der Waals surface area contributed by atoms with Gasteiger partial charge in [0, 0.05) is 0 Å². The molecule has 0 aliphatic heterocycles. The Morgan fingerprint density at radius 1 is 1.14 bits per heavy atom. The lowest BCUT2D eigenvalue weighted by Gasteiger charge is -2.02. The van der Waals surface area contributed by atoms with Gasteiger partial charge in [0.2, 0.25) is 0 Å². The van der Waals surface area contributed by atoms with E-state index in [0.29, 0.717) is 18.4 Å². The molecule has 0 aliphatic rings. The van der Waals surface area contributed by atoms with E-state index in [1.54, 1.807) is 0 Å². The molecule has 5 heteroatoms. The summed E-state index contributed by atoms with van der Waals surface area (Å²) in [6.07, 6.45) is 4.18. The van der Waals surface area contributed by atoms with Gasteiger partial charge >= 0.3 is 10.6 Å². The van der Waals surface area contributed by atoms with E-state index in [0.717, 1.165) is 25.7 Å². The summed E-state index contributed by atoms with van der Waals surface area (Å²) in [6, 6.07) is 0. The molecule has 0 bridgehead atoms. The molecule has 0 aromatic heterocycles. The first-order chi connectivity index (χ1) is 6.70. The third kappa shape index (κ3) is 7.91. The van der Waals surface area contributed by atoms with Crippen molar-refractivity contribution in [2.45, 2.75) is 32.6 Å². The van der Waals surface area contributed by atoms with Crippen molar-refractivity contribution in [3.63, 3.8) is 0 Å². The third-order valence-corrected chi connectivity index (χ3v) is 2.17. The molecule has 0 aromatic rings. The van der Waals surface area contributed by atoms with Crippen LogP contribution in [0.1, 0.15) is 32.6 Å². The summed E-state index contributed by atoms with van der Waals surface area (Å²) in [6.45, 7) is 2.49.